The number of fused-ring (bicyclic) bond motifs is 1. The molecule has 0 radical (unpaired) electrons. The summed E-state index contributed by atoms with van der Waals surface area (Å²) in [5, 5.41) is 0. The largest absolute Gasteiger partial charge is 0.421 e. The van der Waals surface area contributed by atoms with E-state index in [4.69, 9.17) is 4.42 Å². The van der Waals surface area contributed by atoms with Gasteiger partial charge in [0, 0.05) is 30.7 Å². The number of aryl methyl sites for hydroxylation is 1. The van der Waals surface area contributed by atoms with Gasteiger partial charge in [0.2, 0.25) is 10.0 Å². The lowest BCUT2D eigenvalue weighted by Gasteiger charge is -2.33. The molecule has 9 heteroatoms. The molecule has 1 fully saturated rings. The second kappa shape index (κ2) is 7.47. The van der Waals surface area contributed by atoms with Crippen molar-refractivity contribution in [3.63, 3.8) is 0 Å². The molecule has 1 aromatic heterocycles. The minimum atomic E-state index is -3.50. The molecule has 7 nitrogen and oxygen atoms in total. The van der Waals surface area contributed by atoms with Crippen LogP contribution in [-0.2, 0) is 16.7 Å². The Bertz CT molecular complexity index is 1160. The summed E-state index contributed by atoms with van der Waals surface area (Å²) in [4.78, 5) is 14.6. The molecule has 0 amide bonds. The molecule has 0 spiro atoms. The molecule has 0 bridgehead atoms. The van der Waals surface area contributed by atoms with Crippen LogP contribution in [0.1, 0.15) is 5.56 Å². The van der Waals surface area contributed by atoms with Gasteiger partial charge >= 0.3 is 5.76 Å². The fourth-order valence-corrected chi connectivity index (χ4v) is 5.11. The third-order valence-electron chi connectivity index (χ3n) is 4.96. The van der Waals surface area contributed by atoms with Crippen LogP contribution in [0.4, 0.5) is 0 Å². The lowest BCUT2D eigenvalue weighted by molar-refractivity contribution is 0.150. The van der Waals surface area contributed by atoms with Crippen molar-refractivity contribution in [3.8, 4) is 0 Å². The van der Waals surface area contributed by atoms with Crippen molar-refractivity contribution < 1.29 is 12.8 Å². The number of oxazole rings is 1. The van der Waals surface area contributed by atoms with E-state index in [2.05, 4.69) is 20.8 Å². The van der Waals surface area contributed by atoms with Gasteiger partial charge in [0.25, 0.3) is 0 Å². The normalized spacial score (nSPS) is 16.6. The number of nitrogens with zero attached hydrogens (tertiary/aromatic N) is 3. The standard InChI is InChI=1S/C19H20BrN3O4S/c1-14-2-5-16(6-3-14)28(25,26)22-10-8-21(9-11-22)13-23-17-7-4-15(20)12-18(17)27-19(23)24/h2-7,12H,8-11,13H2,1H3. The Morgan fingerprint density at radius 3 is 2.39 bits per heavy atom. The summed E-state index contributed by atoms with van der Waals surface area (Å²) < 4.78 is 34.9. The SMILES string of the molecule is Cc1ccc(S(=O)(=O)N2CCN(Cn3c(=O)oc4cc(Br)ccc43)CC2)cc1. The highest BCUT2D eigenvalue weighted by molar-refractivity contribution is 9.10. The van der Waals surface area contributed by atoms with E-state index < -0.39 is 15.8 Å². The van der Waals surface area contributed by atoms with Gasteiger partial charge in [-0.2, -0.15) is 4.31 Å². The molecule has 2 aromatic carbocycles. The zero-order chi connectivity index (χ0) is 19.9. The van der Waals surface area contributed by atoms with Gasteiger partial charge in [-0.25, -0.2) is 13.2 Å². The zero-order valence-corrected chi connectivity index (χ0v) is 17.7. The molecule has 0 saturated carbocycles. The van der Waals surface area contributed by atoms with Crippen LogP contribution in [0, 0.1) is 6.92 Å². The van der Waals surface area contributed by atoms with Crippen LogP contribution >= 0.6 is 15.9 Å². The molecule has 0 atom stereocenters. The van der Waals surface area contributed by atoms with Crippen molar-refractivity contribution in [2.24, 2.45) is 0 Å². The first-order valence-electron chi connectivity index (χ1n) is 8.93. The fourth-order valence-electron chi connectivity index (χ4n) is 3.34. The molecule has 3 aromatic rings. The van der Waals surface area contributed by atoms with Gasteiger partial charge in [-0.05, 0) is 37.3 Å². The molecular formula is C19H20BrN3O4S. The summed E-state index contributed by atoms with van der Waals surface area (Å²) >= 11 is 3.37. The molecule has 4 rings (SSSR count). The average Bonchev–Trinajstić information content (AvgIpc) is 2.97. The first-order valence-corrected chi connectivity index (χ1v) is 11.2. The van der Waals surface area contributed by atoms with Crippen LogP contribution in [0.5, 0.6) is 0 Å². The molecule has 0 N–H and O–H groups in total. The molecule has 2 heterocycles. The van der Waals surface area contributed by atoms with Gasteiger partial charge < -0.3 is 4.42 Å². The molecular weight excluding hydrogens is 446 g/mol. The molecule has 1 aliphatic heterocycles. The summed E-state index contributed by atoms with van der Waals surface area (Å²) in [6, 6.07) is 12.4. The number of rotatable bonds is 4. The summed E-state index contributed by atoms with van der Waals surface area (Å²) in [6.07, 6.45) is 0. The number of hydrogen-bond donors (Lipinski definition) is 0. The van der Waals surface area contributed by atoms with Gasteiger partial charge in [0.05, 0.1) is 17.1 Å². The number of benzene rings is 2. The van der Waals surface area contributed by atoms with E-state index >= 15 is 0 Å². The van der Waals surface area contributed by atoms with Crippen LogP contribution < -0.4 is 5.76 Å². The predicted molar refractivity (Wildman–Crippen MR) is 110 cm³/mol. The van der Waals surface area contributed by atoms with Crippen LogP contribution in [0.15, 0.2) is 61.0 Å². The first-order chi connectivity index (χ1) is 13.3. The maximum absolute atomic E-state index is 12.8. The monoisotopic (exact) mass is 465 g/mol. The first kappa shape index (κ1) is 19.4. The lowest BCUT2D eigenvalue weighted by atomic mass is 10.2. The van der Waals surface area contributed by atoms with E-state index in [0.717, 1.165) is 15.6 Å². The Hall–Kier alpha value is -1.94. The van der Waals surface area contributed by atoms with Gasteiger partial charge in [0.1, 0.15) is 0 Å². The van der Waals surface area contributed by atoms with Crippen molar-refractivity contribution in [1.82, 2.24) is 13.8 Å². The molecule has 0 aliphatic carbocycles. The van der Waals surface area contributed by atoms with Crippen LogP contribution in [0.3, 0.4) is 0 Å². The van der Waals surface area contributed by atoms with Crippen molar-refractivity contribution in [1.29, 1.82) is 0 Å². The topological polar surface area (TPSA) is 75.8 Å². The van der Waals surface area contributed by atoms with Crippen molar-refractivity contribution in [3.05, 3.63) is 63.1 Å². The van der Waals surface area contributed by atoms with Crippen molar-refractivity contribution in [2.75, 3.05) is 26.2 Å². The minimum Gasteiger partial charge on any atom is -0.408 e. The number of hydrogen-bond acceptors (Lipinski definition) is 5. The van der Waals surface area contributed by atoms with Crippen molar-refractivity contribution in [2.45, 2.75) is 18.5 Å². The Balaban J connectivity index is 1.47. The summed E-state index contributed by atoms with van der Waals surface area (Å²) in [5.74, 6) is -0.414. The highest BCUT2D eigenvalue weighted by Gasteiger charge is 2.28. The quantitative estimate of drug-likeness (QED) is 0.591. The zero-order valence-electron chi connectivity index (χ0n) is 15.3. The Kier molecular flexibility index (Phi) is 5.17. The van der Waals surface area contributed by atoms with E-state index in [-0.39, 0.29) is 0 Å². The van der Waals surface area contributed by atoms with E-state index in [9.17, 15) is 13.2 Å². The highest BCUT2D eigenvalue weighted by Crippen LogP contribution is 2.21. The Morgan fingerprint density at radius 2 is 1.71 bits per heavy atom. The van der Waals surface area contributed by atoms with Gasteiger partial charge in [-0.15, -0.1) is 0 Å². The lowest BCUT2D eigenvalue weighted by Crippen LogP contribution is -2.49. The smallest absolute Gasteiger partial charge is 0.408 e. The number of aromatic nitrogens is 1. The van der Waals surface area contributed by atoms with Crippen LogP contribution in [-0.4, -0.2) is 48.4 Å². The minimum absolute atomic E-state index is 0.314. The maximum atomic E-state index is 12.8. The number of sulfonamides is 1. The van der Waals surface area contributed by atoms with E-state index in [1.54, 1.807) is 34.9 Å². The summed E-state index contributed by atoms with van der Waals surface area (Å²) in [5.41, 5.74) is 2.27. The summed E-state index contributed by atoms with van der Waals surface area (Å²) in [6.45, 7) is 4.14. The number of piperazine rings is 1. The predicted octanol–water partition coefficient (Wildman–Crippen LogP) is 2.63. The third-order valence-corrected chi connectivity index (χ3v) is 7.37. The molecule has 1 aliphatic rings. The molecule has 28 heavy (non-hydrogen) atoms. The van der Waals surface area contributed by atoms with Crippen molar-refractivity contribution >= 4 is 37.1 Å². The van der Waals surface area contributed by atoms with Crippen LogP contribution in [0.2, 0.25) is 0 Å². The molecule has 1 saturated heterocycles. The highest BCUT2D eigenvalue weighted by atomic mass is 79.9. The Morgan fingerprint density at radius 1 is 1.04 bits per heavy atom. The number of halogens is 1. The third kappa shape index (κ3) is 3.67. The van der Waals surface area contributed by atoms with Gasteiger partial charge in [-0.1, -0.05) is 33.6 Å². The van der Waals surface area contributed by atoms with E-state index in [1.165, 1.54) is 4.31 Å². The molecule has 148 valence electrons. The van der Waals surface area contributed by atoms with Crippen LogP contribution in [0.25, 0.3) is 11.1 Å². The second-order valence-corrected chi connectivity index (χ2v) is 9.74. The van der Waals surface area contributed by atoms with E-state index in [0.29, 0.717) is 43.3 Å². The van der Waals surface area contributed by atoms with E-state index in [1.807, 2.05) is 19.1 Å². The summed E-state index contributed by atoms with van der Waals surface area (Å²) in [7, 11) is -3.50. The second-order valence-electron chi connectivity index (χ2n) is 6.88. The fraction of sp³-hybridized carbons (Fsp3) is 0.316. The van der Waals surface area contributed by atoms with Gasteiger partial charge in [-0.3, -0.25) is 9.47 Å². The maximum Gasteiger partial charge on any atom is 0.421 e. The average molecular weight is 466 g/mol. The Labute approximate surface area is 171 Å². The molecule has 0 unspecified atom stereocenters. The van der Waals surface area contributed by atoms with Gasteiger partial charge in [0.15, 0.2) is 5.58 Å².